The van der Waals surface area contributed by atoms with E-state index < -0.39 is 0 Å². The van der Waals surface area contributed by atoms with E-state index in [0.29, 0.717) is 42.5 Å². The van der Waals surface area contributed by atoms with Gasteiger partial charge in [-0.25, -0.2) is 0 Å². The normalized spacial score (nSPS) is 13.7. The smallest absolute Gasteiger partial charge is 0.254 e. The van der Waals surface area contributed by atoms with Gasteiger partial charge in [0.2, 0.25) is 0 Å². The minimum Gasteiger partial charge on any atom is -0.378 e. The van der Waals surface area contributed by atoms with Gasteiger partial charge in [-0.05, 0) is 55.5 Å². The Hall–Kier alpha value is -2.77. The SMILES string of the molecule is CC(=O)c1cccc(NC(=S)Nc2ccc(C(=O)N3CCOCC3)cc2)c1. The first-order valence-electron chi connectivity index (χ1n) is 8.69. The van der Waals surface area contributed by atoms with Crippen LogP contribution in [0.3, 0.4) is 0 Å². The molecular formula is C20H21N3O3S. The van der Waals surface area contributed by atoms with Gasteiger partial charge in [0, 0.05) is 35.6 Å². The van der Waals surface area contributed by atoms with E-state index >= 15 is 0 Å². The van der Waals surface area contributed by atoms with Gasteiger partial charge in [0.1, 0.15) is 0 Å². The molecule has 0 bridgehead atoms. The fourth-order valence-corrected chi connectivity index (χ4v) is 2.99. The van der Waals surface area contributed by atoms with E-state index in [1.165, 1.54) is 6.92 Å². The highest BCUT2D eigenvalue weighted by Gasteiger charge is 2.18. The molecule has 0 radical (unpaired) electrons. The molecule has 0 atom stereocenters. The summed E-state index contributed by atoms with van der Waals surface area (Å²) in [5.74, 6) is 0.00431. The monoisotopic (exact) mass is 383 g/mol. The fourth-order valence-electron chi connectivity index (χ4n) is 2.75. The molecule has 2 N–H and O–H groups in total. The number of hydrogen-bond donors (Lipinski definition) is 2. The molecule has 0 aliphatic carbocycles. The van der Waals surface area contributed by atoms with Gasteiger partial charge in [0.25, 0.3) is 5.91 Å². The number of hydrogen-bond acceptors (Lipinski definition) is 4. The van der Waals surface area contributed by atoms with E-state index in [-0.39, 0.29) is 11.7 Å². The molecule has 1 aliphatic heterocycles. The van der Waals surface area contributed by atoms with Crippen LogP contribution in [0.4, 0.5) is 11.4 Å². The molecule has 6 nitrogen and oxygen atoms in total. The summed E-state index contributed by atoms with van der Waals surface area (Å²) >= 11 is 5.32. The second kappa shape index (κ2) is 8.75. The number of rotatable bonds is 4. The van der Waals surface area contributed by atoms with E-state index in [1.807, 2.05) is 18.2 Å². The molecule has 1 aliphatic rings. The molecule has 1 heterocycles. The maximum absolute atomic E-state index is 12.4. The number of morpholine rings is 1. The average Bonchev–Trinajstić information content (AvgIpc) is 2.69. The molecule has 27 heavy (non-hydrogen) atoms. The van der Waals surface area contributed by atoms with Crippen LogP contribution in [-0.2, 0) is 4.74 Å². The third kappa shape index (κ3) is 5.12. The van der Waals surface area contributed by atoms with Gasteiger partial charge in [0.15, 0.2) is 10.9 Å². The van der Waals surface area contributed by atoms with Gasteiger partial charge < -0.3 is 20.3 Å². The van der Waals surface area contributed by atoms with Gasteiger partial charge in [-0.15, -0.1) is 0 Å². The molecule has 0 saturated carbocycles. The third-order valence-corrected chi connectivity index (χ3v) is 4.42. The molecule has 1 amide bonds. The van der Waals surface area contributed by atoms with Gasteiger partial charge in [0.05, 0.1) is 13.2 Å². The molecule has 2 aromatic carbocycles. The van der Waals surface area contributed by atoms with Crippen molar-refractivity contribution in [2.45, 2.75) is 6.92 Å². The topological polar surface area (TPSA) is 70.7 Å². The van der Waals surface area contributed by atoms with E-state index in [4.69, 9.17) is 17.0 Å². The first-order valence-corrected chi connectivity index (χ1v) is 9.10. The third-order valence-electron chi connectivity index (χ3n) is 4.21. The Morgan fingerprint density at radius 2 is 1.63 bits per heavy atom. The summed E-state index contributed by atoms with van der Waals surface area (Å²) < 4.78 is 5.27. The lowest BCUT2D eigenvalue weighted by molar-refractivity contribution is 0.0303. The molecule has 140 valence electrons. The molecule has 0 unspecified atom stereocenters. The van der Waals surface area contributed by atoms with Crippen molar-refractivity contribution in [2.75, 3.05) is 36.9 Å². The van der Waals surface area contributed by atoms with Crippen molar-refractivity contribution in [3.8, 4) is 0 Å². The van der Waals surface area contributed by atoms with Crippen LogP contribution >= 0.6 is 12.2 Å². The van der Waals surface area contributed by atoms with Crippen molar-refractivity contribution < 1.29 is 14.3 Å². The van der Waals surface area contributed by atoms with Crippen LogP contribution < -0.4 is 10.6 Å². The van der Waals surface area contributed by atoms with Crippen molar-refractivity contribution in [3.05, 3.63) is 59.7 Å². The Bertz CT molecular complexity index is 846. The van der Waals surface area contributed by atoms with E-state index in [1.54, 1.807) is 35.2 Å². The maximum atomic E-state index is 12.4. The minimum absolute atomic E-state index is 0.00180. The van der Waals surface area contributed by atoms with Crippen molar-refractivity contribution in [1.82, 2.24) is 4.90 Å². The number of benzene rings is 2. The lowest BCUT2D eigenvalue weighted by atomic mass is 10.1. The number of thiocarbonyl (C=S) groups is 1. The summed E-state index contributed by atoms with van der Waals surface area (Å²) in [5, 5.41) is 6.53. The lowest BCUT2D eigenvalue weighted by Gasteiger charge is -2.26. The highest BCUT2D eigenvalue weighted by Crippen LogP contribution is 2.15. The number of Topliss-reactive ketones (excluding diaryl/α,β-unsaturated/α-hetero) is 1. The van der Waals surface area contributed by atoms with Crippen molar-refractivity contribution in [2.24, 2.45) is 0 Å². The Morgan fingerprint density at radius 1 is 0.963 bits per heavy atom. The second-order valence-corrected chi connectivity index (χ2v) is 6.61. The zero-order chi connectivity index (χ0) is 19.2. The molecular weight excluding hydrogens is 362 g/mol. The summed E-state index contributed by atoms with van der Waals surface area (Å²) in [5.41, 5.74) is 2.76. The van der Waals surface area contributed by atoms with Crippen LogP contribution in [0.1, 0.15) is 27.6 Å². The number of carbonyl (C=O) groups excluding carboxylic acids is 2. The van der Waals surface area contributed by atoms with Gasteiger partial charge in [-0.1, -0.05) is 12.1 Å². The van der Waals surface area contributed by atoms with Gasteiger partial charge >= 0.3 is 0 Å². The standard InChI is InChI=1S/C20H21N3O3S/c1-14(24)16-3-2-4-18(13-16)22-20(27)21-17-7-5-15(6-8-17)19(25)23-9-11-26-12-10-23/h2-8,13H,9-12H2,1H3,(H2,21,22,27). The minimum atomic E-state index is -0.00180. The van der Waals surface area contributed by atoms with Crippen molar-refractivity contribution >= 4 is 40.4 Å². The first-order chi connectivity index (χ1) is 13.0. The van der Waals surface area contributed by atoms with E-state index in [2.05, 4.69) is 10.6 Å². The number of carbonyl (C=O) groups is 2. The van der Waals surface area contributed by atoms with E-state index in [0.717, 1.165) is 11.4 Å². The number of amides is 1. The van der Waals surface area contributed by atoms with Crippen LogP contribution in [0.5, 0.6) is 0 Å². The summed E-state index contributed by atoms with van der Waals surface area (Å²) in [6.07, 6.45) is 0. The van der Waals surface area contributed by atoms with Crippen molar-refractivity contribution in [3.63, 3.8) is 0 Å². The van der Waals surface area contributed by atoms with Crippen molar-refractivity contribution in [1.29, 1.82) is 0 Å². The summed E-state index contributed by atoms with van der Waals surface area (Å²) in [6.45, 7) is 3.92. The zero-order valence-corrected chi connectivity index (χ0v) is 15.8. The highest BCUT2D eigenvalue weighted by atomic mass is 32.1. The maximum Gasteiger partial charge on any atom is 0.254 e. The number of anilines is 2. The van der Waals surface area contributed by atoms with Crippen LogP contribution in [0.2, 0.25) is 0 Å². The largest absolute Gasteiger partial charge is 0.378 e. The molecule has 1 saturated heterocycles. The zero-order valence-electron chi connectivity index (χ0n) is 15.0. The number of nitrogens with zero attached hydrogens (tertiary/aromatic N) is 1. The molecule has 3 rings (SSSR count). The van der Waals surface area contributed by atoms with Crippen LogP contribution in [-0.4, -0.2) is 48.0 Å². The van der Waals surface area contributed by atoms with E-state index in [9.17, 15) is 9.59 Å². The first kappa shape index (κ1) is 19.0. The predicted octanol–water partition coefficient (Wildman–Crippen LogP) is 3.17. The Labute approximate surface area is 163 Å². The Morgan fingerprint density at radius 3 is 2.30 bits per heavy atom. The molecule has 1 fully saturated rings. The quantitative estimate of drug-likeness (QED) is 0.624. The summed E-state index contributed by atoms with van der Waals surface area (Å²) in [7, 11) is 0. The molecule has 0 spiro atoms. The van der Waals surface area contributed by atoms with Crippen LogP contribution in [0, 0.1) is 0 Å². The average molecular weight is 383 g/mol. The number of ketones is 1. The summed E-state index contributed by atoms with van der Waals surface area (Å²) in [6, 6.07) is 14.3. The second-order valence-electron chi connectivity index (χ2n) is 6.20. The number of ether oxygens (including phenoxy) is 1. The lowest BCUT2D eigenvalue weighted by Crippen LogP contribution is -2.40. The predicted molar refractivity (Wildman–Crippen MR) is 109 cm³/mol. The fraction of sp³-hybridized carbons (Fsp3) is 0.250. The molecule has 2 aromatic rings. The molecule has 0 aromatic heterocycles. The number of nitrogens with one attached hydrogen (secondary N) is 2. The van der Waals surface area contributed by atoms with Gasteiger partial charge in [-0.2, -0.15) is 0 Å². The van der Waals surface area contributed by atoms with Crippen LogP contribution in [0.25, 0.3) is 0 Å². The Balaban J connectivity index is 1.59. The van der Waals surface area contributed by atoms with Crippen LogP contribution in [0.15, 0.2) is 48.5 Å². The molecule has 7 heteroatoms. The summed E-state index contributed by atoms with van der Waals surface area (Å²) in [4.78, 5) is 25.7. The highest BCUT2D eigenvalue weighted by molar-refractivity contribution is 7.80. The van der Waals surface area contributed by atoms with Gasteiger partial charge in [-0.3, -0.25) is 9.59 Å². The Kier molecular flexibility index (Phi) is 6.16.